The predicted octanol–water partition coefficient (Wildman–Crippen LogP) is 4.97. The molecule has 3 aromatic rings. The van der Waals surface area contributed by atoms with Crippen LogP contribution in [0.15, 0.2) is 77.8 Å². The van der Waals surface area contributed by atoms with E-state index in [-0.39, 0.29) is 11.4 Å². The van der Waals surface area contributed by atoms with Crippen molar-refractivity contribution >= 4 is 34.9 Å². The first-order valence-corrected chi connectivity index (χ1v) is 11.0. The fourth-order valence-electron chi connectivity index (χ4n) is 3.68. The van der Waals surface area contributed by atoms with Crippen molar-refractivity contribution in [1.29, 1.82) is 0 Å². The number of guanidine groups is 1. The van der Waals surface area contributed by atoms with Gasteiger partial charge >= 0.3 is 5.97 Å². The topological polar surface area (TPSA) is 68.2 Å². The molecule has 3 aromatic carbocycles. The predicted molar refractivity (Wildman–Crippen MR) is 130 cm³/mol. The second-order valence-electron chi connectivity index (χ2n) is 7.73. The van der Waals surface area contributed by atoms with Crippen LogP contribution in [0.3, 0.4) is 0 Å². The van der Waals surface area contributed by atoms with Gasteiger partial charge in [-0.05, 0) is 54.1 Å². The number of benzene rings is 3. The summed E-state index contributed by atoms with van der Waals surface area (Å²) in [5.41, 5.74) is 2.80. The summed E-state index contributed by atoms with van der Waals surface area (Å²) in [6, 6.07) is 20.7. The zero-order chi connectivity index (χ0) is 23.2. The van der Waals surface area contributed by atoms with Gasteiger partial charge in [-0.1, -0.05) is 35.9 Å². The van der Waals surface area contributed by atoms with Crippen LogP contribution >= 0.6 is 11.6 Å². The largest absolute Gasteiger partial charge is 0.478 e. The van der Waals surface area contributed by atoms with E-state index in [4.69, 9.17) is 16.6 Å². The average molecular weight is 467 g/mol. The number of hydrogen-bond donors (Lipinski definition) is 2. The van der Waals surface area contributed by atoms with Crippen LogP contribution in [0.2, 0.25) is 5.02 Å². The zero-order valence-corrected chi connectivity index (χ0v) is 18.7. The highest BCUT2D eigenvalue weighted by molar-refractivity contribution is 6.30. The summed E-state index contributed by atoms with van der Waals surface area (Å²) in [5, 5.41) is 13.3. The Morgan fingerprint density at radius 2 is 1.73 bits per heavy atom. The van der Waals surface area contributed by atoms with Crippen LogP contribution < -0.4 is 10.2 Å². The van der Waals surface area contributed by atoms with Crippen molar-refractivity contribution in [2.24, 2.45) is 4.99 Å². The lowest BCUT2D eigenvalue weighted by Crippen LogP contribution is -2.50. The van der Waals surface area contributed by atoms with Gasteiger partial charge in [0, 0.05) is 42.6 Å². The summed E-state index contributed by atoms with van der Waals surface area (Å²) in [5.74, 6) is -0.630. The lowest BCUT2D eigenvalue weighted by molar-refractivity contribution is 0.0697. The maximum Gasteiger partial charge on any atom is 0.335 e. The van der Waals surface area contributed by atoms with E-state index in [0.717, 1.165) is 37.4 Å². The second-order valence-corrected chi connectivity index (χ2v) is 8.17. The molecule has 0 amide bonds. The smallest absolute Gasteiger partial charge is 0.335 e. The molecule has 0 unspecified atom stereocenters. The molecule has 1 fully saturated rings. The molecule has 1 heterocycles. The first kappa shape index (κ1) is 22.6. The molecule has 4 rings (SSSR count). The van der Waals surface area contributed by atoms with Crippen molar-refractivity contribution in [2.45, 2.75) is 6.54 Å². The Morgan fingerprint density at radius 1 is 1.00 bits per heavy atom. The maximum absolute atomic E-state index is 13.3. The minimum absolute atomic E-state index is 0.198. The third-order valence-corrected chi connectivity index (χ3v) is 5.68. The van der Waals surface area contributed by atoms with Crippen LogP contribution in [0.1, 0.15) is 15.9 Å². The van der Waals surface area contributed by atoms with Gasteiger partial charge in [0.25, 0.3) is 0 Å². The van der Waals surface area contributed by atoms with E-state index in [2.05, 4.69) is 15.1 Å². The fraction of sp³-hybridized carbons (Fsp3) is 0.200. The Morgan fingerprint density at radius 3 is 2.42 bits per heavy atom. The van der Waals surface area contributed by atoms with E-state index < -0.39 is 5.97 Å². The molecule has 6 nitrogen and oxygen atoms in total. The van der Waals surface area contributed by atoms with Crippen LogP contribution in [0.25, 0.3) is 0 Å². The molecule has 1 aliphatic rings. The standard InChI is InChI=1S/C25H24ClFN4O2/c26-20-4-2-6-23(16-20)30-11-13-31(14-12-30)25(28-17-18-7-9-21(27)10-8-18)29-22-5-1-3-19(15-22)24(32)33/h1-10,15-16H,11-14,17H2,(H,28,29)(H,32,33). The lowest BCUT2D eigenvalue weighted by atomic mass is 10.2. The van der Waals surface area contributed by atoms with Gasteiger partial charge in [-0.2, -0.15) is 0 Å². The molecule has 0 radical (unpaired) electrons. The van der Waals surface area contributed by atoms with Crippen LogP contribution in [0, 0.1) is 5.82 Å². The molecule has 0 aromatic heterocycles. The second kappa shape index (κ2) is 10.4. The highest BCUT2D eigenvalue weighted by atomic mass is 35.5. The van der Waals surface area contributed by atoms with Gasteiger partial charge in [0.15, 0.2) is 5.96 Å². The van der Waals surface area contributed by atoms with Gasteiger partial charge in [0.05, 0.1) is 12.1 Å². The zero-order valence-electron chi connectivity index (χ0n) is 17.9. The molecule has 8 heteroatoms. The molecule has 170 valence electrons. The molecule has 1 saturated heterocycles. The molecule has 33 heavy (non-hydrogen) atoms. The summed E-state index contributed by atoms with van der Waals surface area (Å²) >= 11 is 6.15. The number of carboxylic acids is 1. The number of nitrogens with one attached hydrogen (secondary N) is 1. The van der Waals surface area contributed by atoms with Crippen molar-refractivity contribution in [1.82, 2.24) is 4.90 Å². The van der Waals surface area contributed by atoms with Gasteiger partial charge in [-0.25, -0.2) is 14.2 Å². The third kappa shape index (κ3) is 6.02. The first-order valence-electron chi connectivity index (χ1n) is 10.6. The number of anilines is 2. The normalized spacial score (nSPS) is 14.3. The number of aliphatic imine (C=N–C) groups is 1. The Balaban J connectivity index is 1.52. The highest BCUT2D eigenvalue weighted by Gasteiger charge is 2.21. The molecule has 2 N–H and O–H groups in total. The van der Waals surface area contributed by atoms with Gasteiger partial charge in [0.1, 0.15) is 5.82 Å². The van der Waals surface area contributed by atoms with Gasteiger partial charge in [0.2, 0.25) is 0 Å². The average Bonchev–Trinajstić information content (AvgIpc) is 2.83. The summed E-state index contributed by atoms with van der Waals surface area (Å²) < 4.78 is 13.3. The molecule has 0 atom stereocenters. The van der Waals surface area contributed by atoms with Crippen molar-refractivity contribution in [3.05, 3.63) is 94.8 Å². The van der Waals surface area contributed by atoms with E-state index in [0.29, 0.717) is 23.2 Å². The highest BCUT2D eigenvalue weighted by Crippen LogP contribution is 2.21. The van der Waals surface area contributed by atoms with E-state index in [9.17, 15) is 14.3 Å². The Hall–Kier alpha value is -3.58. The maximum atomic E-state index is 13.3. The van der Waals surface area contributed by atoms with Gasteiger partial charge < -0.3 is 20.2 Å². The molecule has 0 spiro atoms. The van der Waals surface area contributed by atoms with E-state index in [1.807, 2.05) is 30.3 Å². The Labute approximate surface area is 196 Å². The number of nitrogens with zero attached hydrogens (tertiary/aromatic N) is 3. The van der Waals surface area contributed by atoms with Crippen molar-refractivity contribution in [2.75, 3.05) is 36.4 Å². The van der Waals surface area contributed by atoms with Gasteiger partial charge in [-0.3, -0.25) is 0 Å². The number of halogens is 2. The summed E-state index contributed by atoms with van der Waals surface area (Å²) in [4.78, 5) is 20.5. The van der Waals surface area contributed by atoms with Gasteiger partial charge in [-0.15, -0.1) is 0 Å². The quantitative estimate of drug-likeness (QED) is 0.410. The Bertz CT molecular complexity index is 1150. The summed E-state index contributed by atoms with van der Waals surface area (Å²) in [6.07, 6.45) is 0. The SMILES string of the molecule is O=C(O)c1cccc(NC(=NCc2ccc(F)cc2)N2CCN(c3cccc(Cl)c3)CC2)c1. The van der Waals surface area contributed by atoms with E-state index in [1.165, 1.54) is 12.1 Å². The first-order chi connectivity index (χ1) is 16.0. The van der Waals surface area contributed by atoms with Crippen LogP contribution in [-0.2, 0) is 6.54 Å². The molecule has 0 aliphatic carbocycles. The van der Waals surface area contributed by atoms with Crippen LogP contribution in [0.4, 0.5) is 15.8 Å². The monoisotopic (exact) mass is 466 g/mol. The van der Waals surface area contributed by atoms with Crippen molar-refractivity contribution in [3.8, 4) is 0 Å². The number of carboxylic acid groups (broad SMARTS) is 1. The number of piperazine rings is 1. The molecular formula is C25H24ClFN4O2. The van der Waals surface area contributed by atoms with E-state index in [1.54, 1.807) is 30.3 Å². The van der Waals surface area contributed by atoms with E-state index >= 15 is 0 Å². The Kier molecular flexibility index (Phi) is 7.10. The number of hydrogen-bond acceptors (Lipinski definition) is 3. The fourth-order valence-corrected chi connectivity index (χ4v) is 3.87. The number of carbonyl (C=O) groups is 1. The number of rotatable bonds is 5. The summed E-state index contributed by atoms with van der Waals surface area (Å²) in [6.45, 7) is 3.38. The third-order valence-electron chi connectivity index (χ3n) is 5.44. The minimum atomic E-state index is -0.987. The lowest BCUT2D eigenvalue weighted by Gasteiger charge is -2.38. The minimum Gasteiger partial charge on any atom is -0.478 e. The molecule has 1 aliphatic heterocycles. The van der Waals surface area contributed by atoms with Crippen LogP contribution in [-0.4, -0.2) is 48.1 Å². The molecular weight excluding hydrogens is 443 g/mol. The van der Waals surface area contributed by atoms with Crippen molar-refractivity contribution < 1.29 is 14.3 Å². The molecule has 0 bridgehead atoms. The number of aromatic carboxylic acids is 1. The molecule has 0 saturated carbocycles. The van der Waals surface area contributed by atoms with Crippen LogP contribution in [0.5, 0.6) is 0 Å². The summed E-state index contributed by atoms with van der Waals surface area (Å²) in [7, 11) is 0. The van der Waals surface area contributed by atoms with Crippen molar-refractivity contribution in [3.63, 3.8) is 0 Å².